The molecule has 3 rings (SSSR count). The Morgan fingerprint density at radius 3 is 2.28 bits per heavy atom. The van der Waals surface area contributed by atoms with E-state index in [1.807, 2.05) is 30.3 Å². The molecule has 1 unspecified atom stereocenters. The lowest BCUT2D eigenvalue weighted by atomic mass is 10.0. The average molecular weight is 533 g/mol. The smallest absolute Gasteiger partial charge is 0.408 e. The zero-order valence-corrected chi connectivity index (χ0v) is 22.0. The van der Waals surface area contributed by atoms with E-state index in [1.165, 1.54) is 20.3 Å². The molecule has 39 heavy (non-hydrogen) atoms. The third-order valence-electron chi connectivity index (χ3n) is 5.89. The molecule has 0 fully saturated rings. The van der Waals surface area contributed by atoms with Gasteiger partial charge < -0.3 is 30.0 Å². The van der Waals surface area contributed by atoms with Gasteiger partial charge in [0.25, 0.3) is 0 Å². The maximum absolute atomic E-state index is 12.7. The third-order valence-corrected chi connectivity index (χ3v) is 5.89. The van der Waals surface area contributed by atoms with Crippen LogP contribution >= 0.6 is 0 Å². The highest BCUT2D eigenvalue weighted by Gasteiger charge is 2.16. The van der Waals surface area contributed by atoms with Crippen LogP contribution in [0.3, 0.4) is 0 Å². The van der Waals surface area contributed by atoms with Crippen molar-refractivity contribution in [2.45, 2.75) is 26.1 Å². The van der Waals surface area contributed by atoms with E-state index in [9.17, 15) is 19.5 Å². The summed E-state index contributed by atoms with van der Waals surface area (Å²) in [5, 5.41) is 15.6. The van der Waals surface area contributed by atoms with Gasteiger partial charge >= 0.3 is 12.1 Å². The Hall–Kier alpha value is -4.79. The van der Waals surface area contributed by atoms with E-state index in [0.29, 0.717) is 22.4 Å². The summed E-state index contributed by atoms with van der Waals surface area (Å²) in [5.74, 6) is -0.909. The van der Waals surface area contributed by atoms with Crippen LogP contribution in [-0.4, -0.2) is 37.3 Å². The summed E-state index contributed by atoms with van der Waals surface area (Å²) in [5.41, 5.74) is 2.60. The molecule has 3 aromatic carbocycles. The van der Waals surface area contributed by atoms with E-state index in [0.717, 1.165) is 5.56 Å². The van der Waals surface area contributed by atoms with Crippen LogP contribution in [0.15, 0.2) is 84.9 Å². The normalized spacial score (nSPS) is 12.3. The molecule has 0 bridgehead atoms. The molecule has 0 aromatic heterocycles. The first-order valence-electron chi connectivity index (χ1n) is 12.3. The van der Waals surface area contributed by atoms with Crippen LogP contribution in [0.2, 0.25) is 0 Å². The summed E-state index contributed by atoms with van der Waals surface area (Å²) in [6, 6.07) is 20.1. The van der Waals surface area contributed by atoms with Crippen LogP contribution in [-0.2, 0) is 27.4 Å². The largest absolute Gasteiger partial charge is 0.504 e. The van der Waals surface area contributed by atoms with E-state index >= 15 is 0 Å². The number of rotatable bonds is 11. The molecule has 2 atom stereocenters. The molecule has 3 aromatic rings. The van der Waals surface area contributed by atoms with Crippen molar-refractivity contribution in [3.63, 3.8) is 0 Å². The van der Waals surface area contributed by atoms with Crippen molar-refractivity contribution < 1.29 is 33.7 Å². The van der Waals surface area contributed by atoms with Gasteiger partial charge in [0.15, 0.2) is 11.5 Å². The summed E-state index contributed by atoms with van der Waals surface area (Å²) in [4.78, 5) is 37.1. The Kier molecular flexibility index (Phi) is 10.5. The number of phenols is 1. The Morgan fingerprint density at radius 1 is 0.923 bits per heavy atom. The molecule has 0 spiro atoms. The van der Waals surface area contributed by atoms with Crippen molar-refractivity contribution >= 4 is 18.0 Å². The first-order chi connectivity index (χ1) is 18.8. The van der Waals surface area contributed by atoms with Gasteiger partial charge in [0.2, 0.25) is 5.91 Å². The Labute approximate surface area is 227 Å². The molecule has 0 saturated heterocycles. The van der Waals surface area contributed by atoms with Crippen molar-refractivity contribution in [1.82, 2.24) is 10.6 Å². The van der Waals surface area contributed by atoms with Crippen molar-refractivity contribution in [3.05, 3.63) is 107 Å². The molecule has 0 heterocycles. The standard InChI is InChI=1S/C30H32N2O7/c1-20(28(34)31-18-22-10-16-27(37-2)26(33)17-22)9-15-25(23-11-13-24(14-12-23)29(35)38-3)32-30(36)39-19-21-7-5-4-6-8-21/h4-17,20,25,33H,18-19H2,1-3H3,(H,31,34)(H,32,36)/b15-9+/t20-,25?/m1/s1. The summed E-state index contributed by atoms with van der Waals surface area (Å²) in [7, 11) is 2.76. The van der Waals surface area contributed by atoms with Gasteiger partial charge in [0.05, 0.1) is 31.7 Å². The molecule has 2 amide bonds. The predicted molar refractivity (Wildman–Crippen MR) is 145 cm³/mol. The molecule has 0 aliphatic heterocycles. The topological polar surface area (TPSA) is 123 Å². The van der Waals surface area contributed by atoms with Crippen LogP contribution < -0.4 is 15.4 Å². The summed E-state index contributed by atoms with van der Waals surface area (Å²) in [6.45, 7) is 2.05. The van der Waals surface area contributed by atoms with Gasteiger partial charge in [0.1, 0.15) is 6.61 Å². The van der Waals surface area contributed by atoms with Gasteiger partial charge in [-0.3, -0.25) is 4.79 Å². The SMILES string of the molecule is COC(=O)c1ccc(C(/C=C/[C@@H](C)C(=O)NCc2ccc(OC)c(O)c2)NC(=O)OCc2ccccc2)cc1. The van der Waals surface area contributed by atoms with Crippen LogP contribution in [0.25, 0.3) is 0 Å². The molecule has 0 radical (unpaired) electrons. The first kappa shape index (κ1) is 28.8. The monoisotopic (exact) mass is 532 g/mol. The molecule has 0 aliphatic carbocycles. The van der Waals surface area contributed by atoms with Crippen LogP contribution in [0.4, 0.5) is 4.79 Å². The molecular weight excluding hydrogens is 500 g/mol. The summed E-state index contributed by atoms with van der Waals surface area (Å²) < 4.78 is 15.1. The maximum atomic E-state index is 12.7. The number of ether oxygens (including phenoxy) is 3. The van der Waals surface area contributed by atoms with Gasteiger partial charge in [-0.1, -0.05) is 67.6 Å². The van der Waals surface area contributed by atoms with E-state index in [-0.39, 0.29) is 24.8 Å². The fourth-order valence-electron chi connectivity index (χ4n) is 3.64. The molecule has 0 saturated carbocycles. The minimum absolute atomic E-state index is 0.0107. The second kappa shape index (κ2) is 14.2. The van der Waals surface area contributed by atoms with Crippen LogP contribution in [0.5, 0.6) is 11.5 Å². The van der Waals surface area contributed by atoms with Crippen molar-refractivity contribution in [2.75, 3.05) is 14.2 Å². The summed E-state index contributed by atoms with van der Waals surface area (Å²) >= 11 is 0. The molecule has 9 heteroatoms. The van der Waals surface area contributed by atoms with Gasteiger partial charge in [-0.05, 0) is 41.0 Å². The number of hydrogen-bond donors (Lipinski definition) is 3. The Morgan fingerprint density at radius 2 is 1.64 bits per heavy atom. The quantitative estimate of drug-likeness (QED) is 0.242. The maximum Gasteiger partial charge on any atom is 0.408 e. The highest BCUT2D eigenvalue weighted by Crippen LogP contribution is 2.26. The number of carbonyl (C=O) groups is 3. The zero-order valence-electron chi connectivity index (χ0n) is 22.0. The summed E-state index contributed by atoms with van der Waals surface area (Å²) in [6.07, 6.45) is 2.74. The molecule has 0 aliphatic rings. The number of aromatic hydroxyl groups is 1. The van der Waals surface area contributed by atoms with Gasteiger partial charge in [0, 0.05) is 6.54 Å². The predicted octanol–water partition coefficient (Wildman–Crippen LogP) is 4.66. The van der Waals surface area contributed by atoms with Gasteiger partial charge in [-0.25, -0.2) is 9.59 Å². The Balaban J connectivity index is 1.67. The van der Waals surface area contributed by atoms with Crippen LogP contribution in [0.1, 0.15) is 40.0 Å². The molecule has 204 valence electrons. The lowest BCUT2D eigenvalue weighted by Gasteiger charge is -2.17. The highest BCUT2D eigenvalue weighted by atomic mass is 16.5. The number of alkyl carbamates (subject to hydrolysis) is 1. The van der Waals surface area contributed by atoms with Crippen molar-refractivity contribution in [2.24, 2.45) is 5.92 Å². The first-order valence-corrected chi connectivity index (χ1v) is 12.3. The number of benzene rings is 3. The second-order valence-electron chi connectivity index (χ2n) is 8.69. The third kappa shape index (κ3) is 8.63. The number of hydrogen-bond acceptors (Lipinski definition) is 7. The fourth-order valence-corrected chi connectivity index (χ4v) is 3.64. The lowest BCUT2D eigenvalue weighted by Crippen LogP contribution is -2.29. The minimum Gasteiger partial charge on any atom is -0.504 e. The van der Waals surface area contributed by atoms with Crippen molar-refractivity contribution in [3.8, 4) is 11.5 Å². The lowest BCUT2D eigenvalue weighted by molar-refractivity contribution is -0.123. The molecular formula is C30H32N2O7. The number of methoxy groups -OCH3 is 2. The number of esters is 1. The van der Waals surface area contributed by atoms with E-state index in [1.54, 1.807) is 55.5 Å². The van der Waals surface area contributed by atoms with Gasteiger partial charge in [-0.15, -0.1) is 0 Å². The minimum atomic E-state index is -0.637. The molecule has 3 N–H and O–H groups in total. The number of nitrogens with one attached hydrogen (secondary N) is 2. The molecule has 9 nitrogen and oxygen atoms in total. The number of carbonyl (C=O) groups excluding carboxylic acids is 3. The van der Waals surface area contributed by atoms with Gasteiger partial charge in [-0.2, -0.15) is 0 Å². The number of phenolic OH excluding ortho intramolecular Hbond substituents is 1. The van der Waals surface area contributed by atoms with Crippen LogP contribution in [0, 0.1) is 5.92 Å². The van der Waals surface area contributed by atoms with E-state index in [4.69, 9.17) is 14.2 Å². The Bertz CT molecular complexity index is 1290. The van der Waals surface area contributed by atoms with E-state index < -0.39 is 24.0 Å². The number of amides is 2. The zero-order chi connectivity index (χ0) is 28.2. The second-order valence-corrected chi connectivity index (χ2v) is 8.69. The average Bonchev–Trinajstić information content (AvgIpc) is 2.97. The van der Waals surface area contributed by atoms with Crippen molar-refractivity contribution in [1.29, 1.82) is 0 Å². The highest BCUT2D eigenvalue weighted by molar-refractivity contribution is 5.89. The fraction of sp³-hybridized carbons (Fsp3) is 0.233. The van der Waals surface area contributed by atoms with E-state index in [2.05, 4.69) is 10.6 Å².